The summed E-state index contributed by atoms with van der Waals surface area (Å²) in [5.41, 5.74) is 1.07. The van der Waals surface area contributed by atoms with E-state index in [1.807, 2.05) is 43.3 Å². The van der Waals surface area contributed by atoms with E-state index in [4.69, 9.17) is 4.74 Å². The predicted molar refractivity (Wildman–Crippen MR) is 98.2 cm³/mol. The molecule has 1 aromatic heterocycles. The highest BCUT2D eigenvalue weighted by molar-refractivity contribution is 5.96. The zero-order valence-electron chi connectivity index (χ0n) is 14.3. The smallest absolute Gasteiger partial charge is 0.270 e. The lowest BCUT2D eigenvalue weighted by Crippen LogP contribution is -2.32. The number of aromatic amines is 1. The summed E-state index contributed by atoms with van der Waals surface area (Å²) in [6.45, 7) is 2.77. The lowest BCUT2D eigenvalue weighted by atomic mass is 10.1. The highest BCUT2D eigenvalue weighted by Crippen LogP contribution is 2.16. The molecular weight excluding hydrogens is 316 g/mol. The number of benzene rings is 2. The first-order valence-electron chi connectivity index (χ1n) is 8.12. The Morgan fingerprint density at radius 1 is 1.12 bits per heavy atom. The number of para-hydroxylation sites is 1. The lowest BCUT2D eigenvalue weighted by Gasteiger charge is -2.18. The van der Waals surface area contributed by atoms with Crippen LogP contribution in [0, 0.1) is 6.92 Å². The quantitative estimate of drug-likeness (QED) is 0.779. The minimum atomic E-state index is -0.258. The van der Waals surface area contributed by atoms with Gasteiger partial charge in [0.1, 0.15) is 18.1 Å². The molecule has 0 fully saturated rings. The Balaban J connectivity index is 1.68. The molecule has 0 spiro atoms. The van der Waals surface area contributed by atoms with Crippen molar-refractivity contribution in [1.82, 2.24) is 9.88 Å². The second-order valence-electron chi connectivity index (χ2n) is 5.94. The summed E-state index contributed by atoms with van der Waals surface area (Å²) >= 11 is 0. The van der Waals surface area contributed by atoms with E-state index in [2.05, 4.69) is 4.98 Å². The minimum Gasteiger partial charge on any atom is -0.491 e. The third kappa shape index (κ3) is 3.71. The fraction of sp³-hybridized carbons (Fsp3) is 0.200. The number of carbonyl (C=O) groups is 1. The number of aromatic nitrogens is 1. The Labute approximate surface area is 145 Å². The first-order valence-corrected chi connectivity index (χ1v) is 8.12. The van der Waals surface area contributed by atoms with Crippen LogP contribution in [0.1, 0.15) is 16.1 Å². The van der Waals surface area contributed by atoms with Crippen molar-refractivity contribution in [2.45, 2.75) is 6.92 Å². The summed E-state index contributed by atoms with van der Waals surface area (Å²) in [5, 5.41) is 1.32. The Morgan fingerprint density at radius 3 is 2.64 bits per heavy atom. The molecule has 3 rings (SSSR count). The van der Waals surface area contributed by atoms with E-state index in [0.29, 0.717) is 18.5 Å². The number of hydrogen-bond donors (Lipinski definition) is 1. The molecule has 0 saturated carbocycles. The number of rotatable bonds is 5. The Hall–Kier alpha value is -3.08. The minimum absolute atomic E-state index is 0.240. The summed E-state index contributed by atoms with van der Waals surface area (Å²) in [4.78, 5) is 28.9. The molecule has 128 valence electrons. The van der Waals surface area contributed by atoms with Crippen molar-refractivity contribution in [2.24, 2.45) is 0 Å². The van der Waals surface area contributed by atoms with Gasteiger partial charge in [-0.15, -0.1) is 0 Å². The van der Waals surface area contributed by atoms with E-state index in [0.717, 1.165) is 16.7 Å². The topological polar surface area (TPSA) is 62.4 Å². The summed E-state index contributed by atoms with van der Waals surface area (Å²) in [6.07, 6.45) is 0. The maximum Gasteiger partial charge on any atom is 0.270 e. The number of aryl methyl sites for hydroxylation is 1. The Morgan fingerprint density at radius 2 is 1.84 bits per heavy atom. The van der Waals surface area contributed by atoms with Crippen molar-refractivity contribution in [3.05, 3.63) is 76.2 Å². The monoisotopic (exact) mass is 336 g/mol. The molecule has 2 aromatic carbocycles. The zero-order valence-corrected chi connectivity index (χ0v) is 14.3. The molecule has 1 heterocycles. The average Bonchev–Trinajstić information content (AvgIpc) is 2.62. The van der Waals surface area contributed by atoms with Crippen LogP contribution in [0.15, 0.2) is 59.4 Å². The molecule has 1 N–H and O–H groups in total. The number of carbonyl (C=O) groups excluding carboxylic acids is 1. The number of H-pyrrole nitrogens is 1. The van der Waals surface area contributed by atoms with Gasteiger partial charge in [0.15, 0.2) is 0 Å². The van der Waals surface area contributed by atoms with E-state index >= 15 is 0 Å². The van der Waals surface area contributed by atoms with Crippen molar-refractivity contribution in [1.29, 1.82) is 0 Å². The number of ether oxygens (including phenoxy) is 1. The lowest BCUT2D eigenvalue weighted by molar-refractivity contribution is 0.0768. The second kappa shape index (κ2) is 7.21. The Kier molecular flexibility index (Phi) is 4.84. The van der Waals surface area contributed by atoms with Crippen LogP contribution in [0.3, 0.4) is 0 Å². The predicted octanol–water partition coefficient (Wildman–Crippen LogP) is 2.99. The van der Waals surface area contributed by atoms with Gasteiger partial charge in [-0.3, -0.25) is 9.59 Å². The molecule has 5 nitrogen and oxygen atoms in total. The fourth-order valence-electron chi connectivity index (χ4n) is 2.64. The highest BCUT2D eigenvalue weighted by Gasteiger charge is 2.14. The molecule has 0 aliphatic rings. The van der Waals surface area contributed by atoms with E-state index in [9.17, 15) is 9.59 Å². The molecule has 0 atom stereocenters. The van der Waals surface area contributed by atoms with Crippen LogP contribution in [0.25, 0.3) is 10.8 Å². The van der Waals surface area contributed by atoms with E-state index < -0.39 is 0 Å². The molecule has 0 bridgehead atoms. The van der Waals surface area contributed by atoms with Gasteiger partial charge in [-0.05, 0) is 36.1 Å². The van der Waals surface area contributed by atoms with Crippen LogP contribution in [-0.2, 0) is 0 Å². The van der Waals surface area contributed by atoms with Gasteiger partial charge >= 0.3 is 0 Å². The fourth-order valence-corrected chi connectivity index (χ4v) is 2.64. The van der Waals surface area contributed by atoms with Crippen LogP contribution in [0.5, 0.6) is 5.75 Å². The molecule has 0 radical (unpaired) electrons. The Bertz CT molecular complexity index is 962. The van der Waals surface area contributed by atoms with Crippen molar-refractivity contribution in [3.63, 3.8) is 0 Å². The summed E-state index contributed by atoms with van der Waals surface area (Å²) < 4.78 is 5.72. The molecule has 3 aromatic rings. The van der Waals surface area contributed by atoms with Crippen LogP contribution < -0.4 is 10.3 Å². The van der Waals surface area contributed by atoms with Gasteiger partial charge in [-0.25, -0.2) is 0 Å². The van der Waals surface area contributed by atoms with Gasteiger partial charge in [0, 0.05) is 12.4 Å². The van der Waals surface area contributed by atoms with Crippen LogP contribution in [0.4, 0.5) is 0 Å². The van der Waals surface area contributed by atoms with E-state index in [1.54, 1.807) is 25.2 Å². The molecule has 0 aliphatic carbocycles. The van der Waals surface area contributed by atoms with E-state index in [1.165, 1.54) is 4.90 Å². The molecular formula is C20H20N2O3. The molecule has 0 aliphatic heterocycles. The number of amides is 1. The van der Waals surface area contributed by atoms with Crippen LogP contribution in [0.2, 0.25) is 0 Å². The number of nitrogens with one attached hydrogen (secondary N) is 1. The van der Waals surface area contributed by atoms with Crippen molar-refractivity contribution >= 4 is 16.7 Å². The summed E-state index contributed by atoms with van der Waals surface area (Å²) in [5.74, 6) is 0.568. The van der Waals surface area contributed by atoms with Gasteiger partial charge in [-0.2, -0.15) is 0 Å². The standard InChI is InChI=1S/C20H20N2O3/c1-14-7-3-6-10-18(14)25-12-11-22(2)20(24)17-13-15-8-4-5-9-16(15)19(23)21-17/h3-10,13H,11-12H2,1-2H3,(H,21,23). The third-order valence-electron chi connectivity index (χ3n) is 4.11. The van der Waals surface area contributed by atoms with Crippen LogP contribution >= 0.6 is 0 Å². The number of likely N-dealkylation sites (N-methyl/N-ethyl adjacent to an activating group) is 1. The number of fused-ring (bicyclic) bond motifs is 1. The van der Waals surface area contributed by atoms with Gasteiger partial charge in [0.2, 0.25) is 0 Å². The molecule has 0 unspecified atom stereocenters. The molecule has 1 amide bonds. The normalized spacial score (nSPS) is 10.6. The second-order valence-corrected chi connectivity index (χ2v) is 5.94. The van der Waals surface area contributed by atoms with Gasteiger partial charge in [0.05, 0.1) is 6.54 Å². The first kappa shape index (κ1) is 16.8. The van der Waals surface area contributed by atoms with E-state index in [-0.39, 0.29) is 17.2 Å². The SMILES string of the molecule is Cc1ccccc1OCCN(C)C(=O)c1cc2ccccc2c(=O)[nH]1. The van der Waals surface area contributed by atoms with Crippen molar-refractivity contribution in [2.75, 3.05) is 20.2 Å². The summed E-state index contributed by atoms with van der Waals surface area (Å²) in [6, 6.07) is 16.7. The highest BCUT2D eigenvalue weighted by atomic mass is 16.5. The van der Waals surface area contributed by atoms with Gasteiger partial charge < -0.3 is 14.6 Å². The van der Waals surface area contributed by atoms with Gasteiger partial charge in [-0.1, -0.05) is 36.4 Å². The maximum atomic E-state index is 12.6. The number of hydrogen-bond acceptors (Lipinski definition) is 3. The maximum absolute atomic E-state index is 12.6. The number of nitrogens with zero attached hydrogens (tertiary/aromatic N) is 1. The first-order chi connectivity index (χ1) is 12.1. The molecule has 5 heteroatoms. The molecule has 25 heavy (non-hydrogen) atoms. The molecule has 0 saturated heterocycles. The van der Waals surface area contributed by atoms with Crippen LogP contribution in [-0.4, -0.2) is 36.0 Å². The van der Waals surface area contributed by atoms with Gasteiger partial charge in [0.25, 0.3) is 11.5 Å². The van der Waals surface area contributed by atoms with Crippen molar-refractivity contribution < 1.29 is 9.53 Å². The largest absolute Gasteiger partial charge is 0.491 e. The summed E-state index contributed by atoms with van der Waals surface area (Å²) in [7, 11) is 1.69. The number of pyridine rings is 1. The average molecular weight is 336 g/mol. The zero-order chi connectivity index (χ0) is 17.8. The third-order valence-corrected chi connectivity index (χ3v) is 4.11. The van der Waals surface area contributed by atoms with Crippen molar-refractivity contribution in [3.8, 4) is 5.75 Å².